The van der Waals surface area contributed by atoms with Crippen LogP contribution >= 0.6 is 0 Å². The number of phenols is 2. The molecule has 0 amide bonds. The normalized spacial score (nSPS) is 32.6. The van der Waals surface area contributed by atoms with Crippen LogP contribution in [0.15, 0.2) is 45.6 Å². The third-order valence-corrected chi connectivity index (χ3v) is 6.78. The molecular weight excluding hydrogens is 536 g/mol. The van der Waals surface area contributed by atoms with Crippen molar-refractivity contribution in [1.82, 2.24) is 0 Å². The van der Waals surface area contributed by atoms with E-state index in [1.807, 2.05) is 0 Å². The molecule has 9 atom stereocenters. The van der Waals surface area contributed by atoms with E-state index in [0.717, 1.165) is 12.1 Å². The fourth-order valence-electron chi connectivity index (χ4n) is 4.49. The molecule has 14 nitrogen and oxygen atoms in total. The molecule has 2 aliphatic rings. The molecule has 216 valence electrons. The van der Waals surface area contributed by atoms with Crippen molar-refractivity contribution in [2.75, 3.05) is 6.61 Å². The Kier molecular flexibility index (Phi) is 7.60. The number of ether oxygens (including phenoxy) is 4. The van der Waals surface area contributed by atoms with Gasteiger partial charge in [0.2, 0.25) is 23.8 Å². The maximum Gasteiger partial charge on any atom is 0.239 e. The van der Waals surface area contributed by atoms with E-state index in [1.54, 1.807) is 0 Å². The maximum absolute atomic E-state index is 13.5. The number of aliphatic hydroxyl groups is 6. The summed E-state index contributed by atoms with van der Waals surface area (Å²) < 4.78 is 27.8. The van der Waals surface area contributed by atoms with Gasteiger partial charge in [0.15, 0.2) is 5.76 Å². The first-order valence-corrected chi connectivity index (χ1v) is 12.3. The number of fused-ring (bicyclic) bond motifs is 1. The van der Waals surface area contributed by atoms with E-state index >= 15 is 0 Å². The molecule has 2 saturated heterocycles. The average molecular weight is 564 g/mol. The molecule has 0 radical (unpaired) electrons. The summed E-state index contributed by atoms with van der Waals surface area (Å²) in [4.78, 5) is 13.5. The summed E-state index contributed by atoms with van der Waals surface area (Å²) in [5.41, 5.74) is -0.849. The van der Waals surface area contributed by atoms with Crippen LogP contribution in [0.25, 0.3) is 22.3 Å². The Morgan fingerprint density at radius 1 is 0.825 bits per heavy atom. The van der Waals surface area contributed by atoms with Crippen molar-refractivity contribution < 1.29 is 64.2 Å². The Hall–Kier alpha value is -3.47. The summed E-state index contributed by atoms with van der Waals surface area (Å²) in [7, 11) is 0. The number of rotatable bonds is 5. The molecule has 5 rings (SSSR count). The first-order valence-electron chi connectivity index (χ1n) is 12.3. The van der Waals surface area contributed by atoms with Crippen molar-refractivity contribution in [3.63, 3.8) is 0 Å². The highest BCUT2D eigenvalue weighted by Gasteiger charge is 2.44. The topological polar surface area (TPSA) is 229 Å². The van der Waals surface area contributed by atoms with Crippen LogP contribution in [0.5, 0.6) is 23.0 Å². The molecule has 40 heavy (non-hydrogen) atoms. The van der Waals surface area contributed by atoms with Gasteiger partial charge in [-0.2, -0.15) is 0 Å². The molecule has 2 aromatic carbocycles. The first kappa shape index (κ1) is 28.1. The summed E-state index contributed by atoms with van der Waals surface area (Å²) in [6.45, 7) is 1.17. The van der Waals surface area contributed by atoms with Gasteiger partial charge in [-0.05, 0) is 31.2 Å². The van der Waals surface area contributed by atoms with Gasteiger partial charge in [-0.1, -0.05) is 0 Å². The zero-order valence-corrected chi connectivity index (χ0v) is 20.9. The summed E-state index contributed by atoms with van der Waals surface area (Å²) in [5.74, 6) is -1.52. The van der Waals surface area contributed by atoms with E-state index in [0.29, 0.717) is 0 Å². The van der Waals surface area contributed by atoms with Crippen LogP contribution in [0.2, 0.25) is 0 Å². The van der Waals surface area contributed by atoms with Gasteiger partial charge in [-0.15, -0.1) is 0 Å². The lowest BCUT2D eigenvalue weighted by Gasteiger charge is -2.38. The highest BCUT2D eigenvalue weighted by atomic mass is 16.7. The minimum absolute atomic E-state index is 0.175. The quantitative estimate of drug-likeness (QED) is 0.184. The second kappa shape index (κ2) is 10.8. The number of aromatic hydroxyl groups is 2. The molecule has 1 aromatic heterocycles. The molecule has 8 N–H and O–H groups in total. The van der Waals surface area contributed by atoms with Crippen LogP contribution in [-0.2, 0) is 9.47 Å². The first-order chi connectivity index (χ1) is 19.0. The molecule has 2 fully saturated rings. The smallest absolute Gasteiger partial charge is 0.239 e. The largest absolute Gasteiger partial charge is 0.508 e. The van der Waals surface area contributed by atoms with E-state index in [2.05, 4.69) is 0 Å². The Balaban J connectivity index is 1.52. The molecular formula is C26H28O14. The third kappa shape index (κ3) is 5.07. The van der Waals surface area contributed by atoms with Gasteiger partial charge >= 0.3 is 0 Å². The van der Waals surface area contributed by atoms with Crippen LogP contribution in [0.3, 0.4) is 0 Å². The van der Waals surface area contributed by atoms with E-state index in [4.69, 9.17) is 23.4 Å². The summed E-state index contributed by atoms with van der Waals surface area (Å²) in [6, 6.07) is 7.76. The SMILES string of the molecule is CC1OC(Oc2c(-c3ccc(OC4OCC(O)C(O)C4O)cc3)oc3cc(O)cc(O)c3c2=O)C(O)C(O)C1O. The predicted molar refractivity (Wildman–Crippen MR) is 133 cm³/mol. The highest BCUT2D eigenvalue weighted by Crippen LogP contribution is 2.37. The average Bonchev–Trinajstić information content (AvgIpc) is 2.92. The molecule has 14 heteroatoms. The minimum atomic E-state index is -1.76. The van der Waals surface area contributed by atoms with Gasteiger partial charge in [0, 0.05) is 17.7 Å². The second-order valence-electron chi connectivity index (χ2n) is 9.62. The predicted octanol–water partition coefficient (Wildman–Crippen LogP) is -1.10. The van der Waals surface area contributed by atoms with Crippen molar-refractivity contribution in [2.45, 2.75) is 62.2 Å². The van der Waals surface area contributed by atoms with Crippen molar-refractivity contribution in [2.24, 2.45) is 0 Å². The van der Waals surface area contributed by atoms with Gasteiger partial charge in [0.05, 0.1) is 12.7 Å². The van der Waals surface area contributed by atoms with Gasteiger partial charge in [-0.3, -0.25) is 4.79 Å². The van der Waals surface area contributed by atoms with Crippen molar-refractivity contribution in [1.29, 1.82) is 0 Å². The molecule has 0 saturated carbocycles. The van der Waals surface area contributed by atoms with Crippen LogP contribution < -0.4 is 14.9 Å². The van der Waals surface area contributed by atoms with Crippen molar-refractivity contribution >= 4 is 11.0 Å². The van der Waals surface area contributed by atoms with Crippen molar-refractivity contribution in [3.8, 4) is 34.3 Å². The molecule has 3 heterocycles. The van der Waals surface area contributed by atoms with E-state index < -0.39 is 72.2 Å². The Labute approximate surface area is 225 Å². The Bertz CT molecular complexity index is 1420. The highest BCUT2D eigenvalue weighted by molar-refractivity contribution is 5.88. The van der Waals surface area contributed by atoms with Gasteiger partial charge in [-0.25, -0.2) is 0 Å². The second-order valence-corrected chi connectivity index (χ2v) is 9.62. The zero-order valence-electron chi connectivity index (χ0n) is 20.9. The summed E-state index contributed by atoms with van der Waals surface area (Å²) >= 11 is 0. The van der Waals surface area contributed by atoms with E-state index in [-0.39, 0.29) is 40.4 Å². The van der Waals surface area contributed by atoms with Crippen molar-refractivity contribution in [3.05, 3.63) is 46.6 Å². The van der Waals surface area contributed by atoms with E-state index in [9.17, 15) is 45.6 Å². The summed E-state index contributed by atoms with van der Waals surface area (Å²) in [5, 5.41) is 80.1. The number of hydrogen-bond donors (Lipinski definition) is 8. The lowest BCUT2D eigenvalue weighted by atomic mass is 10.00. The molecule has 9 unspecified atom stereocenters. The number of aliphatic hydroxyl groups excluding tert-OH is 6. The van der Waals surface area contributed by atoms with Crippen LogP contribution in [-0.4, -0.2) is 103 Å². The molecule has 0 spiro atoms. The Morgan fingerprint density at radius 3 is 2.20 bits per heavy atom. The molecule has 2 aliphatic heterocycles. The number of phenolic OH excluding ortho intramolecular Hbond substituents is 2. The summed E-state index contributed by atoms with van der Waals surface area (Å²) in [6.07, 6.45) is -13.0. The van der Waals surface area contributed by atoms with Gasteiger partial charge in [0.1, 0.15) is 64.8 Å². The van der Waals surface area contributed by atoms with Crippen LogP contribution in [0.1, 0.15) is 6.92 Å². The maximum atomic E-state index is 13.5. The molecule has 0 bridgehead atoms. The Morgan fingerprint density at radius 2 is 1.50 bits per heavy atom. The number of benzene rings is 2. The lowest BCUT2D eigenvalue weighted by molar-refractivity contribution is -0.268. The lowest BCUT2D eigenvalue weighted by Crippen LogP contribution is -2.58. The van der Waals surface area contributed by atoms with Gasteiger partial charge in [0.25, 0.3) is 0 Å². The zero-order chi connectivity index (χ0) is 28.9. The third-order valence-electron chi connectivity index (χ3n) is 6.78. The van der Waals surface area contributed by atoms with Gasteiger partial charge < -0.3 is 64.2 Å². The fourth-order valence-corrected chi connectivity index (χ4v) is 4.49. The van der Waals surface area contributed by atoms with E-state index in [1.165, 1.54) is 31.2 Å². The fraction of sp³-hybridized carbons (Fsp3) is 0.423. The van der Waals surface area contributed by atoms with Crippen LogP contribution in [0, 0.1) is 0 Å². The molecule has 3 aromatic rings. The molecule has 0 aliphatic carbocycles. The standard InChI is InChI=1S/C26H28O14/c1-9-17(30)20(33)22(35)26(37-9)40-24-19(32)16-13(28)6-11(27)7-15(16)39-23(24)10-2-4-12(5-3-10)38-25-21(34)18(31)14(29)8-36-25/h2-7,9,14,17-18,20-22,25-31,33-35H,8H2,1H3. The number of hydrogen-bond acceptors (Lipinski definition) is 14. The van der Waals surface area contributed by atoms with Crippen LogP contribution in [0.4, 0.5) is 0 Å². The minimum Gasteiger partial charge on any atom is -0.508 e. The monoisotopic (exact) mass is 564 g/mol.